The molecule has 3 N–H and O–H groups in total. The normalized spacial score (nSPS) is 15.9. The van der Waals surface area contributed by atoms with Gasteiger partial charge in [0.15, 0.2) is 11.5 Å². The number of hydrogen-bond acceptors (Lipinski definition) is 7. The fourth-order valence-corrected chi connectivity index (χ4v) is 4.98. The summed E-state index contributed by atoms with van der Waals surface area (Å²) in [6.45, 7) is 10.9. The van der Waals surface area contributed by atoms with Crippen LogP contribution in [0.1, 0.15) is 41.9 Å². The molecule has 1 unspecified atom stereocenters. The average molecular weight is 510 g/mol. The highest BCUT2D eigenvalue weighted by Gasteiger charge is 2.28. The minimum absolute atomic E-state index is 0.211. The third-order valence-electron chi connectivity index (χ3n) is 6.87. The van der Waals surface area contributed by atoms with Gasteiger partial charge in [-0.25, -0.2) is 9.37 Å². The molecule has 3 aromatic rings. The highest BCUT2D eigenvalue weighted by Crippen LogP contribution is 2.32. The van der Waals surface area contributed by atoms with Gasteiger partial charge in [-0.05, 0) is 38.6 Å². The molecule has 1 atom stereocenters. The first kappa shape index (κ1) is 26.6. The van der Waals surface area contributed by atoms with Gasteiger partial charge in [-0.15, -0.1) is 0 Å². The Bertz CT molecular complexity index is 1290. The number of likely N-dealkylation sites (N-methyl/N-ethyl adjacent to an activating group) is 1. The maximum atomic E-state index is 14.5. The van der Waals surface area contributed by atoms with Crippen molar-refractivity contribution in [2.45, 2.75) is 33.2 Å². The SMILES string of the molecule is CCN(CC)C1CCN(c2ccc(C(=O)Nc3cc(F)c4nc(C)cn4c3)c(N)c2C=NCCOC)C1. The van der Waals surface area contributed by atoms with Gasteiger partial charge in [-0.2, -0.15) is 0 Å². The first-order valence-electron chi connectivity index (χ1n) is 12.7. The summed E-state index contributed by atoms with van der Waals surface area (Å²) in [5, 5.41) is 2.78. The second-order valence-electron chi connectivity index (χ2n) is 9.24. The number of anilines is 3. The summed E-state index contributed by atoms with van der Waals surface area (Å²) in [7, 11) is 1.63. The highest BCUT2D eigenvalue weighted by atomic mass is 19.1. The van der Waals surface area contributed by atoms with Gasteiger partial charge in [0, 0.05) is 62.2 Å². The molecular weight excluding hydrogens is 473 g/mol. The molecule has 2 aromatic heterocycles. The first-order valence-corrected chi connectivity index (χ1v) is 12.7. The van der Waals surface area contributed by atoms with E-state index in [1.54, 1.807) is 43.1 Å². The molecule has 1 saturated heterocycles. The van der Waals surface area contributed by atoms with Gasteiger partial charge in [0.25, 0.3) is 5.91 Å². The van der Waals surface area contributed by atoms with E-state index >= 15 is 0 Å². The quantitative estimate of drug-likeness (QED) is 0.246. The van der Waals surface area contributed by atoms with Gasteiger partial charge >= 0.3 is 0 Å². The zero-order valence-corrected chi connectivity index (χ0v) is 22.0. The Labute approximate surface area is 217 Å². The lowest BCUT2D eigenvalue weighted by Crippen LogP contribution is -2.37. The van der Waals surface area contributed by atoms with Gasteiger partial charge in [-0.3, -0.25) is 14.7 Å². The molecule has 198 valence electrons. The molecule has 0 radical (unpaired) electrons. The number of ether oxygens (including phenoxy) is 1. The van der Waals surface area contributed by atoms with Crippen molar-refractivity contribution >= 4 is 34.8 Å². The average Bonchev–Trinajstić information content (AvgIpc) is 3.50. The Morgan fingerprint density at radius 1 is 1.35 bits per heavy atom. The molecule has 10 heteroatoms. The minimum Gasteiger partial charge on any atom is -0.397 e. The number of amides is 1. The van der Waals surface area contributed by atoms with Crippen LogP contribution >= 0.6 is 0 Å². The molecule has 1 aliphatic rings. The van der Waals surface area contributed by atoms with Crippen LogP contribution in [-0.4, -0.2) is 78.9 Å². The van der Waals surface area contributed by atoms with Crippen molar-refractivity contribution in [2.24, 2.45) is 4.99 Å². The fraction of sp³-hybridized carbons (Fsp3) is 0.444. The molecule has 1 aliphatic heterocycles. The number of carbonyl (C=O) groups is 1. The van der Waals surface area contributed by atoms with E-state index in [1.165, 1.54) is 6.07 Å². The number of nitrogens with two attached hydrogens (primary N) is 1. The molecule has 0 bridgehead atoms. The lowest BCUT2D eigenvalue weighted by Gasteiger charge is -2.27. The van der Waals surface area contributed by atoms with E-state index in [0.717, 1.165) is 38.3 Å². The molecule has 0 aliphatic carbocycles. The van der Waals surface area contributed by atoms with E-state index in [-0.39, 0.29) is 5.65 Å². The Kier molecular flexibility index (Phi) is 8.40. The standard InChI is InChI=1S/C27H36FN7O2/c1-5-33(6-2)20-9-11-34(17-20)24-8-7-21(25(29)22(24)14-30-10-12-37-4)27(36)32-19-13-23(28)26-31-18(3)15-35(26)16-19/h7-8,13-16,20H,5-6,9-12,17,29H2,1-4H3,(H,32,36). The largest absolute Gasteiger partial charge is 0.397 e. The zero-order chi connectivity index (χ0) is 26.5. The summed E-state index contributed by atoms with van der Waals surface area (Å²) >= 11 is 0. The van der Waals surface area contributed by atoms with Gasteiger partial charge in [0.05, 0.1) is 35.8 Å². The Balaban J connectivity index is 1.63. The van der Waals surface area contributed by atoms with Crippen molar-refractivity contribution in [3.63, 3.8) is 0 Å². The fourth-order valence-electron chi connectivity index (χ4n) is 4.98. The number of benzene rings is 1. The van der Waals surface area contributed by atoms with E-state index in [4.69, 9.17) is 10.5 Å². The molecule has 37 heavy (non-hydrogen) atoms. The number of nitrogens with one attached hydrogen (secondary N) is 1. The lowest BCUT2D eigenvalue weighted by atomic mass is 10.0. The van der Waals surface area contributed by atoms with Crippen molar-refractivity contribution in [1.82, 2.24) is 14.3 Å². The summed E-state index contributed by atoms with van der Waals surface area (Å²) in [4.78, 5) is 26.7. The molecule has 0 saturated carbocycles. The second-order valence-corrected chi connectivity index (χ2v) is 9.24. The lowest BCUT2D eigenvalue weighted by molar-refractivity contribution is 0.102. The number of hydrogen-bond donors (Lipinski definition) is 2. The van der Waals surface area contributed by atoms with Crippen LogP contribution in [0.3, 0.4) is 0 Å². The van der Waals surface area contributed by atoms with E-state index in [1.807, 2.05) is 6.07 Å². The molecule has 0 spiro atoms. The van der Waals surface area contributed by atoms with E-state index < -0.39 is 11.7 Å². The maximum absolute atomic E-state index is 14.5. The summed E-state index contributed by atoms with van der Waals surface area (Å²) in [5.74, 6) is -0.939. The van der Waals surface area contributed by atoms with E-state index in [2.05, 4.69) is 38.9 Å². The van der Waals surface area contributed by atoms with Gasteiger partial charge in [-0.1, -0.05) is 13.8 Å². The molecule has 1 aromatic carbocycles. The molecule has 9 nitrogen and oxygen atoms in total. The Morgan fingerprint density at radius 2 is 2.14 bits per heavy atom. The van der Waals surface area contributed by atoms with Crippen LogP contribution < -0.4 is 16.0 Å². The number of nitrogens with zero attached hydrogens (tertiary/aromatic N) is 5. The molecule has 1 amide bonds. The van der Waals surface area contributed by atoms with Gasteiger partial charge in [0.1, 0.15) is 0 Å². The summed E-state index contributed by atoms with van der Waals surface area (Å²) in [6.07, 6.45) is 6.12. The first-order chi connectivity index (χ1) is 17.9. The number of methoxy groups -OCH3 is 1. The van der Waals surface area contributed by atoms with Crippen molar-refractivity contribution in [3.8, 4) is 0 Å². The van der Waals surface area contributed by atoms with Crippen LogP contribution in [0.4, 0.5) is 21.5 Å². The van der Waals surface area contributed by atoms with Crippen molar-refractivity contribution in [3.05, 3.63) is 53.2 Å². The number of aliphatic imine (C=N–C) groups is 1. The van der Waals surface area contributed by atoms with Crippen LogP contribution in [0.2, 0.25) is 0 Å². The van der Waals surface area contributed by atoms with E-state index in [0.29, 0.717) is 47.4 Å². The number of rotatable bonds is 10. The number of halogens is 1. The summed E-state index contributed by atoms with van der Waals surface area (Å²) in [5.41, 5.74) is 10.1. The van der Waals surface area contributed by atoms with Crippen molar-refractivity contribution < 1.29 is 13.9 Å². The predicted octanol–water partition coefficient (Wildman–Crippen LogP) is 3.60. The third-order valence-corrected chi connectivity index (χ3v) is 6.87. The van der Waals surface area contributed by atoms with Crippen molar-refractivity contribution in [2.75, 3.05) is 62.4 Å². The highest BCUT2D eigenvalue weighted by molar-refractivity contribution is 6.11. The Hall–Kier alpha value is -3.50. The van der Waals surface area contributed by atoms with E-state index in [9.17, 15) is 9.18 Å². The summed E-state index contributed by atoms with van der Waals surface area (Å²) < 4.78 is 21.2. The van der Waals surface area contributed by atoms with Crippen LogP contribution in [0.15, 0.2) is 35.6 Å². The number of carbonyl (C=O) groups excluding carboxylic acids is 1. The molecular formula is C27H36FN7O2. The third kappa shape index (κ3) is 5.75. The van der Waals surface area contributed by atoms with Crippen LogP contribution in [-0.2, 0) is 4.74 Å². The van der Waals surface area contributed by atoms with Crippen LogP contribution in [0.5, 0.6) is 0 Å². The molecule has 3 heterocycles. The second kappa shape index (κ2) is 11.7. The topological polar surface area (TPSA) is 100 Å². The van der Waals surface area contributed by atoms with Crippen molar-refractivity contribution in [1.29, 1.82) is 0 Å². The van der Waals surface area contributed by atoms with Crippen LogP contribution in [0, 0.1) is 12.7 Å². The zero-order valence-electron chi connectivity index (χ0n) is 22.0. The van der Waals surface area contributed by atoms with Crippen LogP contribution in [0.25, 0.3) is 5.65 Å². The number of imidazole rings is 1. The molecule has 4 rings (SSSR count). The minimum atomic E-state index is -0.517. The van der Waals surface area contributed by atoms with Gasteiger partial charge < -0.3 is 25.1 Å². The Morgan fingerprint density at radius 3 is 2.86 bits per heavy atom. The smallest absolute Gasteiger partial charge is 0.257 e. The monoisotopic (exact) mass is 509 g/mol. The number of aromatic nitrogens is 2. The number of fused-ring (bicyclic) bond motifs is 1. The van der Waals surface area contributed by atoms with Gasteiger partial charge in [0.2, 0.25) is 0 Å². The molecule has 1 fully saturated rings. The number of aryl methyl sites for hydroxylation is 1. The predicted molar refractivity (Wildman–Crippen MR) is 147 cm³/mol. The number of nitrogen functional groups attached to an aromatic ring is 1. The maximum Gasteiger partial charge on any atom is 0.257 e. The number of pyridine rings is 1. The summed E-state index contributed by atoms with van der Waals surface area (Å²) in [6, 6.07) is 5.38.